The number of rotatable bonds is 2. The molecule has 2 heterocycles. The van der Waals surface area contributed by atoms with Gasteiger partial charge in [-0.3, -0.25) is 4.79 Å². The maximum Gasteiger partial charge on any atom is 0.309 e. The van der Waals surface area contributed by atoms with Gasteiger partial charge in [-0.25, -0.2) is 0 Å². The van der Waals surface area contributed by atoms with Crippen molar-refractivity contribution < 1.29 is 19.4 Å². The van der Waals surface area contributed by atoms with Gasteiger partial charge >= 0.3 is 5.97 Å². The van der Waals surface area contributed by atoms with E-state index in [9.17, 15) is 9.90 Å². The summed E-state index contributed by atoms with van der Waals surface area (Å²) in [6, 6.07) is 0. The fourth-order valence-electron chi connectivity index (χ4n) is 5.10. The highest BCUT2D eigenvalue weighted by Crippen LogP contribution is 2.64. The molecule has 0 amide bonds. The molecule has 4 aliphatic rings. The Balaban J connectivity index is 1.56. The topological polar surface area (TPSA) is 55.8 Å². The minimum absolute atomic E-state index is 0.0869. The first-order chi connectivity index (χ1) is 9.64. The van der Waals surface area contributed by atoms with Gasteiger partial charge in [-0.1, -0.05) is 0 Å². The van der Waals surface area contributed by atoms with Crippen molar-refractivity contribution in [1.29, 1.82) is 0 Å². The third kappa shape index (κ3) is 1.92. The van der Waals surface area contributed by atoms with E-state index >= 15 is 0 Å². The molecule has 2 aliphatic heterocycles. The zero-order valence-electron chi connectivity index (χ0n) is 12.0. The average molecular weight is 280 g/mol. The summed E-state index contributed by atoms with van der Waals surface area (Å²) in [6.07, 6.45) is 6.85. The Labute approximate surface area is 119 Å². The lowest BCUT2D eigenvalue weighted by atomic mass is 9.64. The summed E-state index contributed by atoms with van der Waals surface area (Å²) >= 11 is 0. The minimum atomic E-state index is -0.543. The van der Waals surface area contributed by atoms with E-state index in [0.717, 1.165) is 58.3 Å². The molecule has 2 saturated carbocycles. The van der Waals surface area contributed by atoms with Gasteiger partial charge in [-0.15, -0.1) is 0 Å². The van der Waals surface area contributed by atoms with Crippen LogP contribution in [0.25, 0.3) is 0 Å². The van der Waals surface area contributed by atoms with Gasteiger partial charge in [0.25, 0.3) is 0 Å². The molecule has 4 nitrogen and oxygen atoms in total. The summed E-state index contributed by atoms with van der Waals surface area (Å²) in [5.41, 5.74) is -0.529. The lowest BCUT2D eigenvalue weighted by Gasteiger charge is -2.48. The Hall–Kier alpha value is -0.610. The second-order valence-electron chi connectivity index (χ2n) is 7.46. The van der Waals surface area contributed by atoms with Gasteiger partial charge in [-0.05, 0) is 62.7 Å². The lowest BCUT2D eigenvalue weighted by Crippen LogP contribution is -2.50. The van der Waals surface area contributed by atoms with E-state index in [4.69, 9.17) is 9.47 Å². The molecule has 0 aromatic rings. The van der Waals surface area contributed by atoms with E-state index in [1.807, 2.05) is 0 Å². The molecule has 2 aliphatic carbocycles. The molecule has 2 saturated heterocycles. The number of aliphatic carboxylic acids is 1. The molecule has 3 unspecified atom stereocenters. The molecule has 0 aromatic heterocycles. The van der Waals surface area contributed by atoms with Crippen molar-refractivity contribution in [2.75, 3.05) is 19.8 Å². The highest BCUT2D eigenvalue weighted by Gasteiger charge is 2.62. The first-order valence-corrected chi connectivity index (χ1v) is 8.09. The lowest BCUT2D eigenvalue weighted by molar-refractivity contribution is -0.177. The fourth-order valence-corrected chi connectivity index (χ4v) is 5.10. The Bertz CT molecular complexity index is 397. The van der Waals surface area contributed by atoms with Crippen LogP contribution in [0.15, 0.2) is 0 Å². The smallest absolute Gasteiger partial charge is 0.309 e. The summed E-state index contributed by atoms with van der Waals surface area (Å²) in [7, 11) is 0. The van der Waals surface area contributed by atoms with E-state index in [1.54, 1.807) is 0 Å². The molecule has 3 atom stereocenters. The maximum atomic E-state index is 12.0. The number of carboxylic acid groups (broad SMARTS) is 1. The quantitative estimate of drug-likeness (QED) is 0.844. The third-order valence-corrected chi connectivity index (χ3v) is 6.43. The largest absolute Gasteiger partial charge is 0.481 e. The van der Waals surface area contributed by atoms with E-state index in [2.05, 4.69) is 0 Å². The summed E-state index contributed by atoms with van der Waals surface area (Å²) in [5, 5.41) is 9.88. The summed E-state index contributed by atoms with van der Waals surface area (Å²) in [6.45, 7) is 2.26. The predicted octanol–water partition coefficient (Wildman–Crippen LogP) is 2.46. The zero-order valence-corrected chi connectivity index (χ0v) is 12.0. The minimum Gasteiger partial charge on any atom is -0.481 e. The van der Waals surface area contributed by atoms with Gasteiger partial charge in [-0.2, -0.15) is 0 Å². The Morgan fingerprint density at radius 2 is 1.75 bits per heavy atom. The summed E-state index contributed by atoms with van der Waals surface area (Å²) in [5.74, 6) is 1.18. The molecule has 4 heteroatoms. The van der Waals surface area contributed by atoms with Gasteiger partial charge in [0.2, 0.25) is 0 Å². The van der Waals surface area contributed by atoms with Crippen molar-refractivity contribution in [2.24, 2.45) is 23.2 Å². The molecule has 1 N–H and O–H groups in total. The van der Waals surface area contributed by atoms with Gasteiger partial charge in [0.05, 0.1) is 11.0 Å². The van der Waals surface area contributed by atoms with Crippen LogP contribution >= 0.6 is 0 Å². The summed E-state index contributed by atoms with van der Waals surface area (Å²) < 4.78 is 11.5. The Morgan fingerprint density at radius 3 is 2.40 bits per heavy atom. The molecule has 112 valence electrons. The van der Waals surface area contributed by atoms with Crippen molar-refractivity contribution in [1.82, 2.24) is 0 Å². The molecule has 20 heavy (non-hydrogen) atoms. The van der Waals surface area contributed by atoms with Crippen molar-refractivity contribution >= 4 is 5.97 Å². The van der Waals surface area contributed by atoms with Crippen LogP contribution in [0.2, 0.25) is 0 Å². The van der Waals surface area contributed by atoms with Crippen LogP contribution in [-0.2, 0) is 14.3 Å². The van der Waals surface area contributed by atoms with Crippen molar-refractivity contribution in [3.8, 4) is 0 Å². The molecule has 4 fully saturated rings. The van der Waals surface area contributed by atoms with E-state index < -0.39 is 11.4 Å². The number of hydrogen-bond acceptors (Lipinski definition) is 3. The standard InChI is InChI=1S/C16H24O4/c17-14(18)16(8-11-7-12(11)9-16)13-1-4-20-15(10-13)2-5-19-6-3-15/h11-13H,1-10H2,(H,17,18). The second-order valence-corrected chi connectivity index (χ2v) is 7.46. The Morgan fingerprint density at radius 1 is 1.05 bits per heavy atom. The predicted molar refractivity (Wildman–Crippen MR) is 72.4 cm³/mol. The second kappa shape index (κ2) is 4.44. The molecular formula is C16H24O4. The van der Waals surface area contributed by atoms with Crippen LogP contribution < -0.4 is 0 Å². The van der Waals surface area contributed by atoms with Crippen molar-refractivity contribution in [3.05, 3.63) is 0 Å². The number of hydrogen-bond donors (Lipinski definition) is 1. The monoisotopic (exact) mass is 280 g/mol. The average Bonchev–Trinajstić information content (AvgIpc) is 3.06. The van der Waals surface area contributed by atoms with Crippen LogP contribution in [0.3, 0.4) is 0 Å². The van der Waals surface area contributed by atoms with Crippen LogP contribution in [0.5, 0.6) is 0 Å². The first-order valence-electron chi connectivity index (χ1n) is 8.09. The van der Waals surface area contributed by atoms with Crippen LogP contribution in [0.4, 0.5) is 0 Å². The first kappa shape index (κ1) is 13.1. The SMILES string of the molecule is O=C(O)C1(C2CCOC3(CCOCC3)C2)CC2CC2C1. The van der Waals surface area contributed by atoms with Gasteiger partial charge < -0.3 is 14.6 Å². The van der Waals surface area contributed by atoms with E-state index in [0.29, 0.717) is 17.8 Å². The Kier molecular flexibility index (Phi) is 2.90. The number of carboxylic acids is 1. The maximum absolute atomic E-state index is 12.0. The highest BCUT2D eigenvalue weighted by atomic mass is 16.5. The molecule has 0 bridgehead atoms. The molecule has 0 radical (unpaired) electrons. The van der Waals surface area contributed by atoms with Crippen LogP contribution in [0.1, 0.15) is 44.9 Å². The molecule has 4 rings (SSSR count). The molecule has 0 aromatic carbocycles. The van der Waals surface area contributed by atoms with E-state index in [1.165, 1.54) is 6.42 Å². The third-order valence-electron chi connectivity index (χ3n) is 6.43. The van der Waals surface area contributed by atoms with Crippen molar-refractivity contribution in [2.45, 2.75) is 50.5 Å². The van der Waals surface area contributed by atoms with E-state index in [-0.39, 0.29) is 5.60 Å². The van der Waals surface area contributed by atoms with Gasteiger partial charge in [0, 0.05) is 19.8 Å². The van der Waals surface area contributed by atoms with Gasteiger partial charge in [0.1, 0.15) is 0 Å². The van der Waals surface area contributed by atoms with Crippen molar-refractivity contribution in [3.63, 3.8) is 0 Å². The van der Waals surface area contributed by atoms with Crippen LogP contribution in [0, 0.1) is 23.2 Å². The highest BCUT2D eigenvalue weighted by molar-refractivity contribution is 5.76. The number of fused-ring (bicyclic) bond motifs is 1. The summed E-state index contributed by atoms with van der Waals surface area (Å²) in [4.78, 5) is 12.0. The molecule has 1 spiro atoms. The fraction of sp³-hybridized carbons (Fsp3) is 0.938. The number of ether oxygens (including phenoxy) is 2. The normalized spacial score (nSPS) is 46.1. The van der Waals surface area contributed by atoms with Crippen LogP contribution in [-0.4, -0.2) is 36.5 Å². The number of carbonyl (C=O) groups is 1. The zero-order chi connectivity index (χ0) is 13.8. The van der Waals surface area contributed by atoms with Gasteiger partial charge in [0.15, 0.2) is 0 Å². The molecular weight excluding hydrogens is 256 g/mol.